The molecule has 3 aromatic rings. The molecule has 20 heavy (non-hydrogen) atoms. The first-order chi connectivity index (χ1) is 9.65. The topological polar surface area (TPSA) is 34.1 Å². The number of methoxy groups -OCH3 is 1. The van der Waals surface area contributed by atoms with Gasteiger partial charge in [-0.1, -0.05) is 27.3 Å². The highest BCUT2D eigenvalue weighted by Gasteiger charge is 2.08. The number of benzene rings is 2. The van der Waals surface area contributed by atoms with Crippen LogP contribution >= 0.6 is 27.3 Å². The molecule has 0 aliphatic carbocycles. The first-order valence-electron chi connectivity index (χ1n) is 5.82. The molecule has 1 aromatic heterocycles. The van der Waals surface area contributed by atoms with Crippen LogP contribution < -0.4 is 10.1 Å². The molecule has 0 aliphatic rings. The van der Waals surface area contributed by atoms with E-state index in [1.54, 1.807) is 13.2 Å². The van der Waals surface area contributed by atoms with Crippen molar-refractivity contribution in [2.75, 3.05) is 12.4 Å². The van der Waals surface area contributed by atoms with Crippen molar-refractivity contribution in [1.29, 1.82) is 0 Å². The van der Waals surface area contributed by atoms with E-state index in [1.807, 2.05) is 18.2 Å². The van der Waals surface area contributed by atoms with Crippen molar-refractivity contribution in [1.82, 2.24) is 4.98 Å². The lowest BCUT2D eigenvalue weighted by molar-refractivity contribution is 0.417. The van der Waals surface area contributed by atoms with Crippen LogP contribution in [-0.4, -0.2) is 12.1 Å². The number of nitrogens with one attached hydrogen (secondary N) is 1. The SMILES string of the molecule is COc1ccc(Br)cc1Nc1nc2cc(F)ccc2s1. The minimum atomic E-state index is -0.283. The number of anilines is 2. The lowest BCUT2D eigenvalue weighted by Crippen LogP contribution is -1.94. The summed E-state index contributed by atoms with van der Waals surface area (Å²) in [4.78, 5) is 4.37. The van der Waals surface area contributed by atoms with Gasteiger partial charge < -0.3 is 10.1 Å². The number of aromatic nitrogens is 1. The number of hydrogen-bond acceptors (Lipinski definition) is 4. The average molecular weight is 353 g/mol. The molecule has 3 nitrogen and oxygen atoms in total. The Kier molecular flexibility index (Phi) is 3.58. The summed E-state index contributed by atoms with van der Waals surface area (Å²) >= 11 is 4.89. The summed E-state index contributed by atoms with van der Waals surface area (Å²) in [6, 6.07) is 10.3. The largest absolute Gasteiger partial charge is 0.495 e. The normalized spacial score (nSPS) is 10.8. The van der Waals surface area contributed by atoms with E-state index in [4.69, 9.17) is 4.74 Å². The van der Waals surface area contributed by atoms with Gasteiger partial charge in [-0.3, -0.25) is 0 Å². The third kappa shape index (κ3) is 2.62. The maximum absolute atomic E-state index is 13.2. The summed E-state index contributed by atoms with van der Waals surface area (Å²) in [6.45, 7) is 0. The molecule has 102 valence electrons. The minimum Gasteiger partial charge on any atom is -0.495 e. The van der Waals surface area contributed by atoms with Gasteiger partial charge in [0.1, 0.15) is 11.6 Å². The van der Waals surface area contributed by atoms with Crippen molar-refractivity contribution in [3.63, 3.8) is 0 Å². The van der Waals surface area contributed by atoms with Crippen LogP contribution in [0.1, 0.15) is 0 Å². The number of hydrogen-bond donors (Lipinski definition) is 1. The molecule has 0 saturated carbocycles. The molecule has 2 aromatic carbocycles. The van der Waals surface area contributed by atoms with Gasteiger partial charge in [-0.05, 0) is 30.3 Å². The third-order valence-corrected chi connectivity index (χ3v) is 4.20. The smallest absolute Gasteiger partial charge is 0.188 e. The highest BCUT2D eigenvalue weighted by Crippen LogP contribution is 2.34. The number of fused-ring (bicyclic) bond motifs is 1. The van der Waals surface area contributed by atoms with E-state index >= 15 is 0 Å². The van der Waals surface area contributed by atoms with E-state index in [9.17, 15) is 4.39 Å². The van der Waals surface area contributed by atoms with Crippen LogP contribution in [-0.2, 0) is 0 Å². The van der Waals surface area contributed by atoms with E-state index < -0.39 is 0 Å². The zero-order valence-electron chi connectivity index (χ0n) is 10.5. The lowest BCUT2D eigenvalue weighted by atomic mass is 10.3. The van der Waals surface area contributed by atoms with Gasteiger partial charge in [-0.25, -0.2) is 9.37 Å². The molecule has 0 bridgehead atoms. The fourth-order valence-electron chi connectivity index (χ4n) is 1.85. The van der Waals surface area contributed by atoms with Crippen LogP contribution in [0.4, 0.5) is 15.2 Å². The highest BCUT2D eigenvalue weighted by atomic mass is 79.9. The van der Waals surface area contributed by atoms with Crippen LogP contribution in [0.2, 0.25) is 0 Å². The van der Waals surface area contributed by atoms with Crippen LogP contribution in [0.25, 0.3) is 10.2 Å². The van der Waals surface area contributed by atoms with Crippen molar-refractivity contribution in [2.24, 2.45) is 0 Å². The zero-order valence-corrected chi connectivity index (χ0v) is 12.9. The van der Waals surface area contributed by atoms with Crippen molar-refractivity contribution in [3.05, 3.63) is 46.7 Å². The summed E-state index contributed by atoms with van der Waals surface area (Å²) in [5.74, 6) is 0.438. The Bertz CT molecular complexity index is 775. The van der Waals surface area contributed by atoms with Crippen LogP contribution in [0.3, 0.4) is 0 Å². The third-order valence-electron chi connectivity index (χ3n) is 2.75. The van der Waals surface area contributed by atoms with E-state index in [1.165, 1.54) is 23.5 Å². The molecule has 0 amide bonds. The standard InChI is InChI=1S/C14H10BrFN2OS/c1-19-12-4-2-8(15)6-10(12)17-14-18-11-7-9(16)3-5-13(11)20-14/h2-7H,1H3,(H,17,18). The second-order valence-electron chi connectivity index (χ2n) is 4.10. The lowest BCUT2D eigenvalue weighted by Gasteiger charge is -2.09. The Hall–Kier alpha value is -1.66. The van der Waals surface area contributed by atoms with Gasteiger partial charge in [-0.2, -0.15) is 0 Å². The molecule has 1 N–H and O–H groups in total. The summed E-state index contributed by atoms with van der Waals surface area (Å²) < 4.78 is 20.3. The molecule has 1 heterocycles. The van der Waals surface area contributed by atoms with E-state index in [0.717, 1.165) is 20.6 Å². The molecule has 0 saturated heterocycles. The quantitative estimate of drug-likeness (QED) is 0.723. The fourth-order valence-corrected chi connectivity index (χ4v) is 3.07. The van der Waals surface area contributed by atoms with E-state index in [0.29, 0.717) is 10.6 Å². The first kappa shape index (κ1) is 13.3. The molecule has 0 spiro atoms. The number of ether oxygens (including phenoxy) is 1. The number of nitrogens with zero attached hydrogens (tertiary/aromatic N) is 1. The second-order valence-corrected chi connectivity index (χ2v) is 6.05. The molecular weight excluding hydrogens is 343 g/mol. The summed E-state index contributed by atoms with van der Waals surface area (Å²) in [6.07, 6.45) is 0. The predicted octanol–water partition coefficient (Wildman–Crippen LogP) is 4.95. The monoisotopic (exact) mass is 352 g/mol. The summed E-state index contributed by atoms with van der Waals surface area (Å²) in [5, 5.41) is 3.90. The molecule has 0 unspecified atom stereocenters. The molecule has 3 rings (SSSR count). The minimum absolute atomic E-state index is 0.283. The molecule has 0 aliphatic heterocycles. The molecule has 6 heteroatoms. The van der Waals surface area contributed by atoms with Gasteiger partial charge in [0.25, 0.3) is 0 Å². The number of halogens is 2. The maximum atomic E-state index is 13.2. The zero-order chi connectivity index (χ0) is 14.1. The summed E-state index contributed by atoms with van der Waals surface area (Å²) in [5.41, 5.74) is 1.45. The Balaban J connectivity index is 1.98. The molecule has 0 atom stereocenters. The average Bonchev–Trinajstić information content (AvgIpc) is 2.80. The second kappa shape index (κ2) is 5.38. The number of thiazole rings is 1. The van der Waals surface area contributed by atoms with Gasteiger partial charge in [0.15, 0.2) is 5.13 Å². The van der Waals surface area contributed by atoms with Crippen molar-refractivity contribution >= 4 is 48.3 Å². The Morgan fingerprint density at radius 3 is 2.90 bits per heavy atom. The summed E-state index contributed by atoms with van der Waals surface area (Å²) in [7, 11) is 1.61. The van der Waals surface area contributed by atoms with Gasteiger partial charge in [-0.15, -0.1) is 0 Å². The van der Waals surface area contributed by atoms with E-state index in [-0.39, 0.29) is 5.82 Å². The van der Waals surface area contributed by atoms with Crippen molar-refractivity contribution < 1.29 is 9.13 Å². The van der Waals surface area contributed by atoms with Crippen LogP contribution in [0.15, 0.2) is 40.9 Å². The van der Waals surface area contributed by atoms with Gasteiger partial charge in [0.05, 0.1) is 23.0 Å². The molecular formula is C14H10BrFN2OS. The van der Waals surface area contributed by atoms with E-state index in [2.05, 4.69) is 26.2 Å². The van der Waals surface area contributed by atoms with Crippen molar-refractivity contribution in [3.8, 4) is 5.75 Å². The Morgan fingerprint density at radius 2 is 2.10 bits per heavy atom. The van der Waals surface area contributed by atoms with Crippen LogP contribution in [0.5, 0.6) is 5.75 Å². The van der Waals surface area contributed by atoms with Crippen molar-refractivity contribution in [2.45, 2.75) is 0 Å². The highest BCUT2D eigenvalue weighted by molar-refractivity contribution is 9.10. The first-order valence-corrected chi connectivity index (χ1v) is 7.43. The molecule has 0 radical (unpaired) electrons. The fraction of sp³-hybridized carbons (Fsp3) is 0.0714. The predicted molar refractivity (Wildman–Crippen MR) is 83.6 cm³/mol. The number of rotatable bonds is 3. The van der Waals surface area contributed by atoms with Gasteiger partial charge in [0.2, 0.25) is 0 Å². The maximum Gasteiger partial charge on any atom is 0.188 e. The molecule has 0 fully saturated rings. The Labute approximate surface area is 127 Å². The van der Waals surface area contributed by atoms with Crippen LogP contribution in [0, 0.1) is 5.82 Å². The van der Waals surface area contributed by atoms with Gasteiger partial charge in [0, 0.05) is 10.5 Å². The van der Waals surface area contributed by atoms with Gasteiger partial charge >= 0.3 is 0 Å². The Morgan fingerprint density at radius 1 is 1.25 bits per heavy atom.